The van der Waals surface area contributed by atoms with Gasteiger partial charge in [0.15, 0.2) is 9.92 Å². The molecule has 2 aromatic heterocycles. The van der Waals surface area contributed by atoms with Gasteiger partial charge >= 0.3 is 5.97 Å². The molecule has 0 spiro atoms. The molecule has 0 unspecified atom stereocenters. The van der Waals surface area contributed by atoms with Gasteiger partial charge in [-0.3, -0.25) is 0 Å². The number of hydrogen-bond acceptors (Lipinski definition) is 7. The zero-order valence-corrected chi connectivity index (χ0v) is 12.0. The summed E-state index contributed by atoms with van der Waals surface area (Å²) in [6, 6.07) is 4.60. The van der Waals surface area contributed by atoms with Crippen molar-refractivity contribution in [3.8, 4) is 0 Å². The molecule has 3 aromatic rings. The van der Waals surface area contributed by atoms with Crippen molar-refractivity contribution in [2.24, 2.45) is 0 Å². The van der Waals surface area contributed by atoms with E-state index in [0.717, 1.165) is 16.6 Å². The first-order valence-electron chi connectivity index (χ1n) is 5.80. The zero-order valence-electron chi connectivity index (χ0n) is 10.4. The summed E-state index contributed by atoms with van der Waals surface area (Å²) in [6.07, 6.45) is 0.784. The number of rotatable bonds is 4. The van der Waals surface area contributed by atoms with Gasteiger partial charge in [0.05, 0.1) is 5.56 Å². The second-order valence-electron chi connectivity index (χ2n) is 3.90. The molecule has 3 rings (SSSR count). The molecule has 0 amide bonds. The Hall–Kier alpha value is -1.93. The first-order chi connectivity index (χ1) is 9.65. The Kier molecular flexibility index (Phi) is 3.41. The third kappa shape index (κ3) is 2.52. The molecule has 20 heavy (non-hydrogen) atoms. The van der Waals surface area contributed by atoms with Gasteiger partial charge in [0.25, 0.3) is 5.22 Å². The molecular weight excluding hydrogens is 298 g/mol. The van der Waals surface area contributed by atoms with Gasteiger partial charge in [-0.1, -0.05) is 6.92 Å². The highest BCUT2D eigenvalue weighted by molar-refractivity contribution is 8.00. The zero-order chi connectivity index (χ0) is 14.1. The minimum Gasteiger partial charge on any atom is -0.478 e. The van der Waals surface area contributed by atoms with Gasteiger partial charge in [-0.2, -0.15) is 4.37 Å². The lowest BCUT2D eigenvalue weighted by molar-refractivity contribution is 0.0697. The fraction of sp³-hybridized carbons (Fsp3) is 0.167. The first-order valence-corrected chi connectivity index (χ1v) is 7.39. The largest absolute Gasteiger partial charge is 0.478 e. The normalized spacial score (nSPS) is 11.1. The van der Waals surface area contributed by atoms with Crippen LogP contribution in [0.5, 0.6) is 0 Å². The molecule has 8 heteroatoms. The third-order valence-corrected chi connectivity index (χ3v) is 4.19. The Labute approximate surface area is 122 Å². The van der Waals surface area contributed by atoms with E-state index < -0.39 is 5.97 Å². The highest BCUT2D eigenvalue weighted by Crippen LogP contribution is 2.31. The average molecular weight is 307 g/mol. The molecule has 0 radical (unpaired) electrons. The van der Waals surface area contributed by atoms with Crippen LogP contribution in [0.4, 0.5) is 0 Å². The van der Waals surface area contributed by atoms with Crippen LogP contribution >= 0.6 is 23.3 Å². The fourth-order valence-electron chi connectivity index (χ4n) is 1.58. The smallest absolute Gasteiger partial charge is 0.335 e. The van der Waals surface area contributed by atoms with Crippen LogP contribution in [0.25, 0.3) is 11.1 Å². The molecule has 2 heterocycles. The van der Waals surface area contributed by atoms with Gasteiger partial charge in [-0.15, -0.1) is 0 Å². The molecule has 102 valence electrons. The van der Waals surface area contributed by atoms with Crippen LogP contribution < -0.4 is 0 Å². The maximum atomic E-state index is 10.9. The second-order valence-corrected chi connectivity index (χ2v) is 5.85. The Bertz CT molecular complexity index is 781. The van der Waals surface area contributed by atoms with Gasteiger partial charge in [-0.25, -0.2) is 14.8 Å². The summed E-state index contributed by atoms with van der Waals surface area (Å²) in [6.45, 7) is 1.99. The number of hydrogen-bond donors (Lipinski definition) is 1. The quantitative estimate of drug-likeness (QED) is 0.792. The summed E-state index contributed by atoms with van der Waals surface area (Å²) in [5.74, 6) is -0.198. The van der Waals surface area contributed by atoms with E-state index >= 15 is 0 Å². The standard InChI is InChI=1S/C12H9N3O3S2/c1-2-9-14-12(20-15-9)19-11-13-7-4-3-6(10(16)17)5-8(7)18-11/h3-5H,2H2,1H3,(H,16,17). The van der Waals surface area contributed by atoms with Crippen LogP contribution in [0, 0.1) is 0 Å². The minimum atomic E-state index is -0.991. The predicted octanol–water partition coefficient (Wildman–Crippen LogP) is 3.09. The van der Waals surface area contributed by atoms with Crippen molar-refractivity contribution in [3.05, 3.63) is 29.6 Å². The van der Waals surface area contributed by atoms with E-state index in [1.165, 1.54) is 35.4 Å². The predicted molar refractivity (Wildman–Crippen MR) is 74.4 cm³/mol. The number of oxazole rings is 1. The lowest BCUT2D eigenvalue weighted by atomic mass is 10.2. The highest BCUT2D eigenvalue weighted by Gasteiger charge is 2.13. The molecule has 0 aliphatic rings. The monoisotopic (exact) mass is 307 g/mol. The van der Waals surface area contributed by atoms with E-state index in [-0.39, 0.29) is 5.56 Å². The fourth-order valence-corrected chi connectivity index (χ4v) is 3.13. The van der Waals surface area contributed by atoms with Gasteiger partial charge in [-0.05, 0) is 29.7 Å². The number of aromatic nitrogens is 3. The molecule has 0 fully saturated rings. The van der Waals surface area contributed by atoms with Crippen molar-refractivity contribution in [1.82, 2.24) is 14.3 Å². The van der Waals surface area contributed by atoms with Crippen LogP contribution in [0.2, 0.25) is 0 Å². The summed E-state index contributed by atoms with van der Waals surface area (Å²) in [4.78, 5) is 19.5. The Morgan fingerprint density at radius 1 is 1.45 bits per heavy atom. The summed E-state index contributed by atoms with van der Waals surface area (Å²) in [5, 5.41) is 9.36. The lowest BCUT2D eigenvalue weighted by Crippen LogP contribution is -1.94. The van der Waals surface area contributed by atoms with Gasteiger partial charge in [0.2, 0.25) is 0 Å². The molecule has 1 aromatic carbocycles. The molecule has 6 nitrogen and oxygen atoms in total. The lowest BCUT2D eigenvalue weighted by Gasteiger charge is -1.91. The SMILES string of the molecule is CCc1nsc(Sc2nc3ccc(C(=O)O)cc3o2)n1. The second kappa shape index (κ2) is 5.22. The summed E-state index contributed by atoms with van der Waals surface area (Å²) in [7, 11) is 0. The summed E-state index contributed by atoms with van der Waals surface area (Å²) >= 11 is 2.58. The van der Waals surface area contributed by atoms with Crippen LogP contribution in [-0.2, 0) is 6.42 Å². The molecule has 0 saturated heterocycles. The molecule has 0 atom stereocenters. The third-order valence-electron chi connectivity index (χ3n) is 2.56. The summed E-state index contributed by atoms with van der Waals surface area (Å²) < 4.78 is 10.5. The molecule has 0 saturated carbocycles. The maximum Gasteiger partial charge on any atom is 0.335 e. The van der Waals surface area contributed by atoms with Gasteiger partial charge < -0.3 is 9.52 Å². The van der Waals surface area contributed by atoms with Crippen LogP contribution in [0.3, 0.4) is 0 Å². The van der Waals surface area contributed by atoms with Crippen LogP contribution in [0.15, 0.2) is 32.2 Å². The number of carboxylic acids is 1. The average Bonchev–Trinajstić information content (AvgIpc) is 3.03. The van der Waals surface area contributed by atoms with Crippen LogP contribution in [0.1, 0.15) is 23.1 Å². The maximum absolute atomic E-state index is 10.9. The minimum absolute atomic E-state index is 0.175. The van der Waals surface area contributed by atoms with Crippen molar-refractivity contribution >= 4 is 40.4 Å². The summed E-state index contributed by atoms with van der Waals surface area (Å²) in [5.41, 5.74) is 1.25. The number of carboxylic acid groups (broad SMARTS) is 1. The van der Waals surface area contributed by atoms with Crippen molar-refractivity contribution in [2.45, 2.75) is 22.9 Å². The molecule has 0 aliphatic heterocycles. The highest BCUT2D eigenvalue weighted by atomic mass is 32.2. The number of benzene rings is 1. The van der Waals surface area contributed by atoms with Crippen molar-refractivity contribution in [3.63, 3.8) is 0 Å². The topological polar surface area (TPSA) is 89.1 Å². The molecule has 0 bridgehead atoms. The molecule has 1 N–H and O–H groups in total. The van der Waals surface area contributed by atoms with E-state index in [1.807, 2.05) is 6.92 Å². The molecular formula is C12H9N3O3S2. The van der Waals surface area contributed by atoms with E-state index in [2.05, 4.69) is 14.3 Å². The molecule has 0 aliphatic carbocycles. The number of fused-ring (bicyclic) bond motifs is 1. The van der Waals surface area contributed by atoms with E-state index in [4.69, 9.17) is 9.52 Å². The van der Waals surface area contributed by atoms with E-state index in [9.17, 15) is 4.79 Å². The van der Waals surface area contributed by atoms with Gasteiger partial charge in [0, 0.05) is 18.2 Å². The first kappa shape index (κ1) is 13.1. The number of aromatic carboxylic acids is 1. The van der Waals surface area contributed by atoms with Crippen molar-refractivity contribution < 1.29 is 14.3 Å². The van der Waals surface area contributed by atoms with Crippen molar-refractivity contribution in [1.29, 1.82) is 0 Å². The van der Waals surface area contributed by atoms with E-state index in [0.29, 0.717) is 16.3 Å². The number of nitrogens with zero attached hydrogens (tertiary/aromatic N) is 3. The van der Waals surface area contributed by atoms with Gasteiger partial charge in [0.1, 0.15) is 11.3 Å². The number of aryl methyl sites for hydroxylation is 1. The Morgan fingerprint density at radius 2 is 2.30 bits per heavy atom. The number of carbonyl (C=O) groups is 1. The van der Waals surface area contributed by atoms with Crippen molar-refractivity contribution in [2.75, 3.05) is 0 Å². The Balaban J connectivity index is 1.90. The van der Waals surface area contributed by atoms with E-state index in [1.54, 1.807) is 6.07 Å². The van der Waals surface area contributed by atoms with Crippen LogP contribution in [-0.4, -0.2) is 25.4 Å². The Morgan fingerprint density at radius 3 is 3.00 bits per heavy atom.